The highest BCUT2D eigenvalue weighted by molar-refractivity contribution is 7.09. The molecule has 1 aromatic heterocycles. The average Bonchev–Trinajstić information content (AvgIpc) is 2.98. The summed E-state index contributed by atoms with van der Waals surface area (Å²) in [5.41, 5.74) is 6.76. The van der Waals surface area contributed by atoms with Gasteiger partial charge in [0.15, 0.2) is 0 Å². The molecule has 0 radical (unpaired) electrons. The summed E-state index contributed by atoms with van der Waals surface area (Å²) in [6.45, 7) is 2.63. The fourth-order valence-electron chi connectivity index (χ4n) is 1.87. The monoisotopic (exact) mass is 291 g/mol. The van der Waals surface area contributed by atoms with Gasteiger partial charge in [-0.25, -0.2) is 0 Å². The Balaban J connectivity index is 1.56. The van der Waals surface area contributed by atoms with Crippen LogP contribution in [0, 0.1) is 0 Å². The lowest BCUT2D eigenvalue weighted by Crippen LogP contribution is -2.08. The molecule has 1 aromatic carbocycles. The summed E-state index contributed by atoms with van der Waals surface area (Å²) in [6, 6.07) is 12.3. The zero-order chi connectivity index (χ0) is 14.0. The number of ether oxygens (including phenoxy) is 2. The number of hydrogen-bond donors (Lipinski definition) is 1. The van der Waals surface area contributed by atoms with Gasteiger partial charge in [-0.05, 0) is 42.1 Å². The third-order valence-corrected chi connectivity index (χ3v) is 3.86. The molecular formula is C16H21NO2S. The van der Waals surface area contributed by atoms with Gasteiger partial charge in [0.2, 0.25) is 0 Å². The molecule has 2 N–H and O–H groups in total. The number of benzene rings is 1. The molecule has 1 heterocycles. The van der Waals surface area contributed by atoms with Crippen molar-refractivity contribution in [1.82, 2.24) is 0 Å². The summed E-state index contributed by atoms with van der Waals surface area (Å²) in [5, 5.41) is 2.09. The van der Waals surface area contributed by atoms with E-state index in [9.17, 15) is 0 Å². The van der Waals surface area contributed by atoms with Gasteiger partial charge in [-0.1, -0.05) is 18.2 Å². The number of thiophene rings is 1. The summed E-state index contributed by atoms with van der Waals surface area (Å²) >= 11 is 1.77. The molecule has 0 aliphatic heterocycles. The van der Waals surface area contributed by atoms with E-state index in [4.69, 9.17) is 15.2 Å². The van der Waals surface area contributed by atoms with Gasteiger partial charge in [0.25, 0.3) is 0 Å². The predicted molar refractivity (Wildman–Crippen MR) is 83.5 cm³/mol. The number of nitrogens with two attached hydrogens (primary N) is 1. The van der Waals surface area contributed by atoms with Gasteiger partial charge < -0.3 is 15.2 Å². The lowest BCUT2D eigenvalue weighted by atomic mass is 10.1. The number of rotatable bonds is 9. The first-order chi connectivity index (χ1) is 9.88. The molecular weight excluding hydrogens is 270 g/mol. The Kier molecular flexibility index (Phi) is 6.57. The molecule has 0 unspecified atom stereocenters. The normalized spacial score (nSPS) is 10.7. The summed E-state index contributed by atoms with van der Waals surface area (Å²) in [7, 11) is 0. The molecule has 0 saturated carbocycles. The van der Waals surface area contributed by atoms with E-state index in [1.54, 1.807) is 11.3 Å². The van der Waals surface area contributed by atoms with E-state index in [0.717, 1.165) is 25.2 Å². The first-order valence-electron chi connectivity index (χ1n) is 6.90. The second kappa shape index (κ2) is 8.74. The van der Waals surface area contributed by atoms with Crippen LogP contribution < -0.4 is 10.5 Å². The molecule has 0 amide bonds. The lowest BCUT2D eigenvalue weighted by molar-refractivity contribution is 0.103. The highest BCUT2D eigenvalue weighted by Gasteiger charge is 1.97. The van der Waals surface area contributed by atoms with Crippen molar-refractivity contribution in [2.75, 3.05) is 26.4 Å². The first-order valence-corrected chi connectivity index (χ1v) is 7.78. The van der Waals surface area contributed by atoms with Crippen molar-refractivity contribution < 1.29 is 9.47 Å². The SMILES string of the molecule is NCCc1ccc(OCCOCCc2cccs2)cc1. The van der Waals surface area contributed by atoms with Crippen molar-refractivity contribution in [3.63, 3.8) is 0 Å². The Morgan fingerprint density at radius 2 is 1.80 bits per heavy atom. The molecule has 4 heteroatoms. The fourth-order valence-corrected chi connectivity index (χ4v) is 2.56. The molecule has 0 aliphatic rings. The minimum atomic E-state index is 0.584. The molecule has 2 aromatic rings. The van der Waals surface area contributed by atoms with Crippen molar-refractivity contribution in [3.8, 4) is 5.75 Å². The topological polar surface area (TPSA) is 44.5 Å². The van der Waals surface area contributed by atoms with E-state index in [-0.39, 0.29) is 0 Å². The zero-order valence-corrected chi connectivity index (χ0v) is 12.4. The summed E-state index contributed by atoms with van der Waals surface area (Å²) in [6.07, 6.45) is 1.89. The van der Waals surface area contributed by atoms with E-state index >= 15 is 0 Å². The van der Waals surface area contributed by atoms with E-state index in [1.165, 1.54) is 10.4 Å². The molecule has 0 aliphatic carbocycles. The van der Waals surface area contributed by atoms with E-state index in [2.05, 4.69) is 29.6 Å². The van der Waals surface area contributed by atoms with Crippen LogP contribution in [-0.4, -0.2) is 26.4 Å². The molecule has 0 fully saturated rings. The van der Waals surface area contributed by atoms with Gasteiger partial charge in [0.1, 0.15) is 12.4 Å². The van der Waals surface area contributed by atoms with Gasteiger partial charge in [0.05, 0.1) is 13.2 Å². The van der Waals surface area contributed by atoms with Gasteiger partial charge in [-0.2, -0.15) is 0 Å². The molecule has 108 valence electrons. The van der Waals surface area contributed by atoms with Gasteiger partial charge >= 0.3 is 0 Å². The third-order valence-electron chi connectivity index (χ3n) is 2.93. The van der Waals surface area contributed by atoms with Crippen LogP contribution in [0.25, 0.3) is 0 Å². The largest absolute Gasteiger partial charge is 0.491 e. The third kappa shape index (κ3) is 5.33. The first kappa shape index (κ1) is 15.0. The Bertz CT molecular complexity index is 468. The van der Waals surface area contributed by atoms with E-state index in [1.807, 2.05) is 12.1 Å². The molecule has 0 bridgehead atoms. The fraction of sp³-hybridized carbons (Fsp3) is 0.375. The Hall–Kier alpha value is -1.36. The summed E-state index contributed by atoms with van der Waals surface area (Å²) in [5.74, 6) is 0.882. The zero-order valence-electron chi connectivity index (χ0n) is 11.6. The highest BCUT2D eigenvalue weighted by atomic mass is 32.1. The van der Waals surface area contributed by atoms with Crippen LogP contribution >= 0.6 is 11.3 Å². The van der Waals surface area contributed by atoms with Crippen LogP contribution in [0.3, 0.4) is 0 Å². The maximum Gasteiger partial charge on any atom is 0.119 e. The second-order valence-electron chi connectivity index (χ2n) is 4.47. The smallest absolute Gasteiger partial charge is 0.119 e. The standard InChI is InChI=1S/C16H21NO2S/c17-9-7-14-3-5-15(6-4-14)19-12-11-18-10-8-16-2-1-13-20-16/h1-6,13H,7-12,17H2. The van der Waals surface area contributed by atoms with Crippen LogP contribution in [0.4, 0.5) is 0 Å². The van der Waals surface area contributed by atoms with E-state index in [0.29, 0.717) is 19.8 Å². The van der Waals surface area contributed by atoms with Crippen LogP contribution in [0.15, 0.2) is 41.8 Å². The van der Waals surface area contributed by atoms with E-state index < -0.39 is 0 Å². The van der Waals surface area contributed by atoms with Crippen LogP contribution in [0.5, 0.6) is 5.75 Å². The van der Waals surface area contributed by atoms with Crippen molar-refractivity contribution in [3.05, 3.63) is 52.2 Å². The van der Waals surface area contributed by atoms with Gasteiger partial charge in [-0.3, -0.25) is 0 Å². The quantitative estimate of drug-likeness (QED) is 0.723. The maximum atomic E-state index is 5.62. The second-order valence-corrected chi connectivity index (χ2v) is 5.51. The molecule has 0 spiro atoms. The average molecular weight is 291 g/mol. The van der Waals surface area contributed by atoms with Crippen molar-refractivity contribution in [1.29, 1.82) is 0 Å². The maximum absolute atomic E-state index is 5.62. The van der Waals surface area contributed by atoms with Gasteiger partial charge in [0, 0.05) is 11.3 Å². The minimum absolute atomic E-state index is 0.584. The Morgan fingerprint density at radius 1 is 0.950 bits per heavy atom. The minimum Gasteiger partial charge on any atom is -0.491 e. The molecule has 0 saturated heterocycles. The molecule has 3 nitrogen and oxygen atoms in total. The summed E-state index contributed by atoms with van der Waals surface area (Å²) in [4.78, 5) is 1.36. The number of hydrogen-bond acceptors (Lipinski definition) is 4. The van der Waals surface area contributed by atoms with Crippen molar-refractivity contribution >= 4 is 11.3 Å². The van der Waals surface area contributed by atoms with Crippen molar-refractivity contribution in [2.45, 2.75) is 12.8 Å². The molecule has 2 rings (SSSR count). The Labute approximate surface area is 124 Å². The van der Waals surface area contributed by atoms with Crippen LogP contribution in [0.1, 0.15) is 10.4 Å². The summed E-state index contributed by atoms with van der Waals surface area (Å²) < 4.78 is 11.2. The molecule has 0 atom stereocenters. The Morgan fingerprint density at radius 3 is 2.50 bits per heavy atom. The molecule has 20 heavy (non-hydrogen) atoms. The van der Waals surface area contributed by atoms with Crippen molar-refractivity contribution in [2.24, 2.45) is 5.73 Å². The highest BCUT2D eigenvalue weighted by Crippen LogP contribution is 2.12. The van der Waals surface area contributed by atoms with Crippen LogP contribution in [0.2, 0.25) is 0 Å². The van der Waals surface area contributed by atoms with Crippen LogP contribution in [-0.2, 0) is 17.6 Å². The predicted octanol–water partition coefficient (Wildman–Crippen LogP) is 2.89. The lowest BCUT2D eigenvalue weighted by Gasteiger charge is -2.07. The van der Waals surface area contributed by atoms with Gasteiger partial charge in [-0.15, -0.1) is 11.3 Å².